The normalized spacial score (nSPS) is 10.2. The Hall–Kier alpha value is -1.79. The number of carbonyl (C=O) groups is 1. The van der Waals surface area contributed by atoms with E-state index in [1.54, 1.807) is 0 Å². The van der Waals surface area contributed by atoms with Crippen LogP contribution in [-0.2, 0) is 4.79 Å². The number of anilines is 1. The topological polar surface area (TPSA) is 80.9 Å². The molecule has 0 saturated carbocycles. The minimum absolute atomic E-state index is 0.0561. The second-order valence-corrected chi connectivity index (χ2v) is 4.51. The molecule has 2 aromatic rings. The van der Waals surface area contributed by atoms with Gasteiger partial charge in [-0.3, -0.25) is 10.1 Å². The van der Waals surface area contributed by atoms with Gasteiger partial charge in [-0.15, -0.1) is 10.2 Å². The van der Waals surface area contributed by atoms with E-state index < -0.39 is 0 Å². The molecule has 2 rings (SSSR count). The van der Waals surface area contributed by atoms with Crippen LogP contribution < -0.4 is 11.1 Å². The number of nitrogens with zero attached hydrogens (tertiary/aromatic N) is 2. The summed E-state index contributed by atoms with van der Waals surface area (Å²) in [5, 5.41) is 11.7. The SMILES string of the molecule is Cc1ccc(-c2nnc(NC(=O)CN)s2)cc1. The standard InChI is InChI=1S/C11H12N4OS/c1-7-2-4-8(5-3-7)10-14-15-11(17-10)13-9(16)6-12/h2-5H,6,12H2,1H3,(H,13,15,16). The van der Waals surface area contributed by atoms with Crippen LogP contribution in [0.4, 0.5) is 5.13 Å². The fourth-order valence-electron chi connectivity index (χ4n) is 1.26. The lowest BCUT2D eigenvalue weighted by Crippen LogP contribution is -2.21. The van der Waals surface area contributed by atoms with Crippen molar-refractivity contribution >= 4 is 22.4 Å². The molecule has 88 valence electrons. The van der Waals surface area contributed by atoms with Gasteiger partial charge in [0, 0.05) is 5.56 Å². The molecule has 1 aromatic carbocycles. The molecule has 17 heavy (non-hydrogen) atoms. The van der Waals surface area contributed by atoms with Crippen LogP contribution >= 0.6 is 11.3 Å². The van der Waals surface area contributed by atoms with Gasteiger partial charge in [0.15, 0.2) is 0 Å². The Labute approximate surface area is 103 Å². The lowest BCUT2D eigenvalue weighted by atomic mass is 10.2. The Bertz CT molecular complexity index is 521. The van der Waals surface area contributed by atoms with Crippen molar-refractivity contribution in [1.82, 2.24) is 10.2 Å². The maximum Gasteiger partial charge on any atom is 0.239 e. The van der Waals surface area contributed by atoms with Gasteiger partial charge >= 0.3 is 0 Å². The first-order chi connectivity index (χ1) is 8.19. The predicted molar refractivity (Wildman–Crippen MR) is 67.8 cm³/mol. The molecule has 0 saturated heterocycles. The molecule has 0 fully saturated rings. The van der Waals surface area contributed by atoms with Crippen LogP contribution in [0, 0.1) is 6.92 Å². The molecule has 0 bridgehead atoms. The molecule has 1 aromatic heterocycles. The zero-order chi connectivity index (χ0) is 12.3. The van der Waals surface area contributed by atoms with Crippen LogP contribution in [0.15, 0.2) is 24.3 Å². The molecule has 0 aliphatic carbocycles. The van der Waals surface area contributed by atoms with Gasteiger partial charge in [-0.2, -0.15) is 0 Å². The number of hydrogen-bond acceptors (Lipinski definition) is 5. The Morgan fingerprint density at radius 3 is 2.71 bits per heavy atom. The molecule has 1 heterocycles. The summed E-state index contributed by atoms with van der Waals surface area (Å²) in [4.78, 5) is 11.1. The summed E-state index contributed by atoms with van der Waals surface area (Å²) in [6.07, 6.45) is 0. The zero-order valence-corrected chi connectivity index (χ0v) is 10.1. The smallest absolute Gasteiger partial charge is 0.239 e. The molecular weight excluding hydrogens is 236 g/mol. The summed E-state index contributed by atoms with van der Waals surface area (Å²) in [5.74, 6) is -0.267. The summed E-state index contributed by atoms with van der Waals surface area (Å²) < 4.78 is 0. The van der Waals surface area contributed by atoms with Crippen LogP contribution in [0.25, 0.3) is 10.6 Å². The zero-order valence-electron chi connectivity index (χ0n) is 9.30. The van der Waals surface area contributed by atoms with Crippen LogP contribution in [0.1, 0.15) is 5.56 Å². The first kappa shape index (κ1) is 11.7. The number of hydrogen-bond donors (Lipinski definition) is 2. The quantitative estimate of drug-likeness (QED) is 0.860. The van der Waals surface area contributed by atoms with Crippen molar-refractivity contribution in [3.63, 3.8) is 0 Å². The average Bonchev–Trinajstić information content (AvgIpc) is 2.78. The molecule has 6 heteroatoms. The van der Waals surface area contributed by atoms with Gasteiger partial charge in [0.05, 0.1) is 6.54 Å². The van der Waals surface area contributed by atoms with Gasteiger partial charge in [-0.05, 0) is 6.92 Å². The first-order valence-electron chi connectivity index (χ1n) is 5.09. The summed E-state index contributed by atoms with van der Waals surface area (Å²) in [6, 6.07) is 7.97. The van der Waals surface area contributed by atoms with E-state index in [4.69, 9.17) is 5.73 Å². The summed E-state index contributed by atoms with van der Waals surface area (Å²) in [5.41, 5.74) is 7.38. The molecule has 0 aliphatic rings. The first-order valence-corrected chi connectivity index (χ1v) is 5.91. The van der Waals surface area contributed by atoms with E-state index in [2.05, 4.69) is 15.5 Å². The fourth-order valence-corrected chi connectivity index (χ4v) is 2.02. The summed E-state index contributed by atoms with van der Waals surface area (Å²) in [7, 11) is 0. The average molecular weight is 248 g/mol. The van der Waals surface area contributed by atoms with E-state index in [1.165, 1.54) is 16.9 Å². The molecule has 5 nitrogen and oxygen atoms in total. The van der Waals surface area contributed by atoms with E-state index >= 15 is 0 Å². The molecular formula is C11H12N4OS. The summed E-state index contributed by atoms with van der Waals surface area (Å²) >= 11 is 1.33. The number of aromatic nitrogens is 2. The monoisotopic (exact) mass is 248 g/mol. The second-order valence-electron chi connectivity index (χ2n) is 3.53. The van der Waals surface area contributed by atoms with Crippen molar-refractivity contribution in [2.75, 3.05) is 11.9 Å². The second kappa shape index (κ2) is 5.03. The maximum atomic E-state index is 11.1. The van der Waals surface area contributed by atoms with Gasteiger partial charge in [0.25, 0.3) is 0 Å². The molecule has 0 spiro atoms. The van der Waals surface area contributed by atoms with Crippen molar-refractivity contribution in [1.29, 1.82) is 0 Å². The lowest BCUT2D eigenvalue weighted by Gasteiger charge is -1.96. The van der Waals surface area contributed by atoms with Crippen LogP contribution in [0.5, 0.6) is 0 Å². The third kappa shape index (κ3) is 2.86. The van der Waals surface area contributed by atoms with E-state index in [0.29, 0.717) is 5.13 Å². The van der Waals surface area contributed by atoms with E-state index in [-0.39, 0.29) is 12.5 Å². The Morgan fingerprint density at radius 1 is 1.35 bits per heavy atom. The predicted octanol–water partition coefficient (Wildman–Crippen LogP) is 1.41. The molecule has 3 N–H and O–H groups in total. The highest BCUT2D eigenvalue weighted by atomic mass is 32.1. The highest BCUT2D eigenvalue weighted by molar-refractivity contribution is 7.18. The number of rotatable bonds is 3. The molecule has 0 atom stereocenters. The van der Waals surface area contributed by atoms with Gasteiger partial charge in [-0.25, -0.2) is 0 Å². The fraction of sp³-hybridized carbons (Fsp3) is 0.182. The highest BCUT2D eigenvalue weighted by Gasteiger charge is 2.08. The third-order valence-electron chi connectivity index (χ3n) is 2.16. The van der Waals surface area contributed by atoms with Crippen LogP contribution in [-0.4, -0.2) is 22.6 Å². The van der Waals surface area contributed by atoms with Crippen LogP contribution in [0.2, 0.25) is 0 Å². The molecule has 0 radical (unpaired) electrons. The third-order valence-corrected chi connectivity index (χ3v) is 3.04. The molecule has 0 aliphatic heterocycles. The lowest BCUT2D eigenvalue weighted by molar-refractivity contribution is -0.114. The maximum absolute atomic E-state index is 11.1. The van der Waals surface area contributed by atoms with Crippen LogP contribution in [0.3, 0.4) is 0 Å². The number of nitrogens with one attached hydrogen (secondary N) is 1. The highest BCUT2D eigenvalue weighted by Crippen LogP contribution is 2.26. The number of benzene rings is 1. The number of nitrogens with two attached hydrogens (primary N) is 1. The number of aryl methyl sites for hydroxylation is 1. The van der Waals surface area contributed by atoms with E-state index in [0.717, 1.165) is 10.6 Å². The van der Waals surface area contributed by atoms with Crippen molar-refractivity contribution in [3.05, 3.63) is 29.8 Å². The Kier molecular flexibility index (Phi) is 3.46. The minimum Gasteiger partial charge on any atom is -0.322 e. The number of amides is 1. The largest absolute Gasteiger partial charge is 0.322 e. The Morgan fingerprint density at radius 2 is 2.06 bits per heavy atom. The van der Waals surface area contributed by atoms with Crippen molar-refractivity contribution < 1.29 is 4.79 Å². The minimum atomic E-state index is -0.267. The van der Waals surface area contributed by atoms with Gasteiger partial charge in [-0.1, -0.05) is 41.2 Å². The van der Waals surface area contributed by atoms with Crippen molar-refractivity contribution in [2.45, 2.75) is 6.92 Å². The number of carbonyl (C=O) groups excluding carboxylic acids is 1. The molecule has 1 amide bonds. The van der Waals surface area contributed by atoms with Crippen molar-refractivity contribution in [2.24, 2.45) is 5.73 Å². The van der Waals surface area contributed by atoms with E-state index in [9.17, 15) is 4.79 Å². The Balaban J connectivity index is 2.18. The van der Waals surface area contributed by atoms with E-state index in [1.807, 2.05) is 31.2 Å². The summed E-state index contributed by atoms with van der Waals surface area (Å²) in [6.45, 7) is 1.97. The van der Waals surface area contributed by atoms with Gasteiger partial charge in [0.2, 0.25) is 11.0 Å². The van der Waals surface area contributed by atoms with Gasteiger partial charge < -0.3 is 5.73 Å². The molecule has 0 unspecified atom stereocenters. The van der Waals surface area contributed by atoms with Gasteiger partial charge in [0.1, 0.15) is 5.01 Å². The van der Waals surface area contributed by atoms with Crippen molar-refractivity contribution in [3.8, 4) is 10.6 Å².